The molecule has 1 aromatic carbocycles. The number of rotatable bonds is 3. The van der Waals surface area contributed by atoms with Crippen molar-refractivity contribution >= 4 is 11.4 Å². The predicted octanol–water partition coefficient (Wildman–Crippen LogP) is 2.68. The largest absolute Gasteiger partial charge is 0.393 e. The average molecular weight is 231 g/mol. The van der Waals surface area contributed by atoms with Crippen molar-refractivity contribution in [3.05, 3.63) is 57.1 Å². The molecular weight excluding hydrogens is 218 g/mol. The standard InChI is InChI=1S/C12H13N3O2/c1-9-7-10(15(16)17)5-6-11(9)12(13-2)8-14(3)4/h5-8H,1,3-4H3. The van der Waals surface area contributed by atoms with Crippen LogP contribution in [0.5, 0.6) is 0 Å². The number of nitrogens with zero attached hydrogens (tertiary/aromatic N) is 3. The van der Waals surface area contributed by atoms with E-state index in [2.05, 4.69) is 4.85 Å². The molecule has 0 bridgehead atoms. The van der Waals surface area contributed by atoms with Gasteiger partial charge in [-0.2, -0.15) is 0 Å². The fraction of sp³-hybridized carbons (Fsp3) is 0.250. The second-order valence-electron chi connectivity index (χ2n) is 3.85. The van der Waals surface area contributed by atoms with Crippen LogP contribution in [0.3, 0.4) is 0 Å². The number of aryl methyl sites for hydroxylation is 1. The van der Waals surface area contributed by atoms with Crippen LogP contribution < -0.4 is 0 Å². The number of hydrogen-bond donors (Lipinski definition) is 0. The van der Waals surface area contributed by atoms with Crippen molar-refractivity contribution < 1.29 is 4.92 Å². The monoisotopic (exact) mass is 231 g/mol. The first-order chi connectivity index (χ1) is 7.95. The molecule has 0 aliphatic heterocycles. The first kappa shape index (κ1) is 12.7. The third-order valence-corrected chi connectivity index (χ3v) is 2.20. The van der Waals surface area contributed by atoms with Crippen molar-refractivity contribution in [2.45, 2.75) is 6.92 Å². The topological polar surface area (TPSA) is 50.7 Å². The molecule has 0 N–H and O–H groups in total. The molecule has 88 valence electrons. The molecule has 0 spiro atoms. The van der Waals surface area contributed by atoms with E-state index in [4.69, 9.17) is 6.57 Å². The fourth-order valence-electron chi connectivity index (χ4n) is 1.45. The summed E-state index contributed by atoms with van der Waals surface area (Å²) in [6.45, 7) is 8.88. The molecule has 1 aromatic rings. The van der Waals surface area contributed by atoms with Gasteiger partial charge in [-0.15, -0.1) is 0 Å². The SMILES string of the molecule is [C-]#[N+]C(=CN(C)C)c1ccc([N+](=O)[O-])cc1C. The summed E-state index contributed by atoms with van der Waals surface area (Å²) in [5.41, 5.74) is 1.96. The highest BCUT2D eigenvalue weighted by molar-refractivity contribution is 5.73. The molecule has 5 nitrogen and oxygen atoms in total. The minimum absolute atomic E-state index is 0.0421. The van der Waals surface area contributed by atoms with Gasteiger partial charge in [0.25, 0.3) is 5.69 Å². The maximum atomic E-state index is 10.6. The highest BCUT2D eigenvalue weighted by atomic mass is 16.6. The Bertz CT molecular complexity index is 513. The van der Waals surface area contributed by atoms with Crippen molar-refractivity contribution in [2.24, 2.45) is 0 Å². The zero-order valence-electron chi connectivity index (χ0n) is 9.97. The maximum Gasteiger partial charge on any atom is 0.269 e. The Labute approximate surface area is 99.9 Å². The molecule has 0 aliphatic carbocycles. The van der Waals surface area contributed by atoms with E-state index in [1.165, 1.54) is 12.1 Å². The van der Waals surface area contributed by atoms with Crippen LogP contribution in [0.4, 0.5) is 5.69 Å². The van der Waals surface area contributed by atoms with Gasteiger partial charge < -0.3 is 4.90 Å². The van der Waals surface area contributed by atoms with Gasteiger partial charge in [0.2, 0.25) is 5.70 Å². The zero-order chi connectivity index (χ0) is 13.0. The molecule has 17 heavy (non-hydrogen) atoms. The molecule has 0 atom stereocenters. The van der Waals surface area contributed by atoms with Gasteiger partial charge >= 0.3 is 0 Å². The normalized spacial score (nSPS) is 10.8. The van der Waals surface area contributed by atoms with Gasteiger partial charge in [0, 0.05) is 32.4 Å². The lowest BCUT2D eigenvalue weighted by molar-refractivity contribution is -0.384. The first-order valence-corrected chi connectivity index (χ1v) is 4.97. The Kier molecular flexibility index (Phi) is 3.83. The lowest BCUT2D eigenvalue weighted by atomic mass is 10.1. The molecule has 0 saturated carbocycles. The van der Waals surface area contributed by atoms with Gasteiger partial charge in [0.15, 0.2) is 0 Å². The van der Waals surface area contributed by atoms with Crippen LogP contribution in [0.25, 0.3) is 10.5 Å². The lowest BCUT2D eigenvalue weighted by Gasteiger charge is -2.08. The second kappa shape index (κ2) is 5.12. The summed E-state index contributed by atoms with van der Waals surface area (Å²) >= 11 is 0. The van der Waals surface area contributed by atoms with Crippen molar-refractivity contribution in [1.82, 2.24) is 4.90 Å². The van der Waals surface area contributed by atoms with E-state index in [1.54, 1.807) is 24.1 Å². The van der Waals surface area contributed by atoms with E-state index < -0.39 is 4.92 Å². The quantitative estimate of drug-likeness (QED) is 0.456. The molecule has 0 amide bonds. The molecule has 0 fully saturated rings. The van der Waals surface area contributed by atoms with Gasteiger partial charge in [-0.3, -0.25) is 10.1 Å². The Balaban J connectivity index is 3.25. The molecule has 1 rings (SSSR count). The highest BCUT2D eigenvalue weighted by Crippen LogP contribution is 2.24. The van der Waals surface area contributed by atoms with E-state index in [-0.39, 0.29) is 5.69 Å². The van der Waals surface area contributed by atoms with E-state index in [9.17, 15) is 10.1 Å². The Hall–Kier alpha value is -2.35. The smallest absolute Gasteiger partial charge is 0.269 e. The van der Waals surface area contributed by atoms with Crippen LogP contribution in [0.1, 0.15) is 11.1 Å². The average Bonchev–Trinajstić information content (AvgIpc) is 2.25. The summed E-state index contributed by atoms with van der Waals surface area (Å²) in [6.07, 6.45) is 1.70. The van der Waals surface area contributed by atoms with E-state index in [1.807, 2.05) is 14.1 Å². The summed E-state index contributed by atoms with van der Waals surface area (Å²) in [7, 11) is 3.65. The maximum absolute atomic E-state index is 10.6. The van der Waals surface area contributed by atoms with Crippen molar-refractivity contribution in [2.75, 3.05) is 14.1 Å². The van der Waals surface area contributed by atoms with Gasteiger partial charge in [0.05, 0.1) is 11.5 Å². The number of benzene rings is 1. The summed E-state index contributed by atoms with van der Waals surface area (Å²) < 4.78 is 0. The summed E-state index contributed by atoms with van der Waals surface area (Å²) in [5, 5.41) is 10.6. The third-order valence-electron chi connectivity index (χ3n) is 2.20. The lowest BCUT2D eigenvalue weighted by Crippen LogP contribution is -2.02. The number of nitro benzene ring substituents is 1. The zero-order valence-corrected chi connectivity index (χ0v) is 9.97. The molecule has 0 aliphatic rings. The van der Waals surface area contributed by atoms with Crippen molar-refractivity contribution in [3.63, 3.8) is 0 Å². The number of nitro groups is 1. The number of non-ortho nitro benzene ring substituents is 1. The summed E-state index contributed by atoms with van der Waals surface area (Å²) in [6, 6.07) is 4.50. The second-order valence-corrected chi connectivity index (χ2v) is 3.85. The molecule has 0 unspecified atom stereocenters. The minimum Gasteiger partial charge on any atom is -0.393 e. The van der Waals surface area contributed by atoms with Gasteiger partial charge in [-0.1, -0.05) is 6.07 Å². The number of hydrogen-bond acceptors (Lipinski definition) is 3. The first-order valence-electron chi connectivity index (χ1n) is 4.97. The van der Waals surface area contributed by atoms with E-state index >= 15 is 0 Å². The van der Waals surface area contributed by atoms with Gasteiger partial charge in [-0.05, 0) is 18.1 Å². The minimum atomic E-state index is -0.441. The predicted molar refractivity (Wildman–Crippen MR) is 66.1 cm³/mol. The Morgan fingerprint density at radius 3 is 2.59 bits per heavy atom. The molecule has 0 heterocycles. The molecule has 5 heteroatoms. The van der Waals surface area contributed by atoms with Crippen molar-refractivity contribution in [1.29, 1.82) is 0 Å². The van der Waals surface area contributed by atoms with E-state index in [0.29, 0.717) is 5.70 Å². The summed E-state index contributed by atoms with van der Waals surface area (Å²) in [5.74, 6) is 0. The Morgan fingerprint density at radius 2 is 2.18 bits per heavy atom. The molecule has 0 saturated heterocycles. The van der Waals surface area contributed by atoms with Crippen LogP contribution in [0.2, 0.25) is 0 Å². The highest BCUT2D eigenvalue weighted by Gasteiger charge is 2.11. The fourth-order valence-corrected chi connectivity index (χ4v) is 1.45. The molecule has 0 aromatic heterocycles. The van der Waals surface area contributed by atoms with Gasteiger partial charge in [0.1, 0.15) is 0 Å². The van der Waals surface area contributed by atoms with Crippen LogP contribution >= 0.6 is 0 Å². The van der Waals surface area contributed by atoms with E-state index in [0.717, 1.165) is 11.1 Å². The Morgan fingerprint density at radius 1 is 1.53 bits per heavy atom. The van der Waals surface area contributed by atoms with Crippen LogP contribution in [0.15, 0.2) is 24.4 Å². The van der Waals surface area contributed by atoms with Gasteiger partial charge in [-0.25, -0.2) is 4.85 Å². The molecule has 0 radical (unpaired) electrons. The van der Waals surface area contributed by atoms with Crippen LogP contribution in [-0.2, 0) is 0 Å². The van der Waals surface area contributed by atoms with Crippen LogP contribution in [-0.4, -0.2) is 23.9 Å². The summed E-state index contributed by atoms with van der Waals surface area (Å²) in [4.78, 5) is 15.4. The molecular formula is C12H13N3O2. The third kappa shape index (κ3) is 3.05. The van der Waals surface area contributed by atoms with Crippen molar-refractivity contribution in [3.8, 4) is 0 Å². The van der Waals surface area contributed by atoms with Crippen LogP contribution in [0, 0.1) is 23.6 Å².